The number of anilines is 1. The second kappa shape index (κ2) is 5.84. The second-order valence-corrected chi connectivity index (χ2v) is 4.38. The van der Waals surface area contributed by atoms with Gasteiger partial charge in [0.1, 0.15) is 5.75 Å². The quantitative estimate of drug-likeness (QED) is 0.494. The van der Waals surface area contributed by atoms with Crippen LogP contribution < -0.4 is 5.73 Å². The molecule has 2 aromatic rings. The van der Waals surface area contributed by atoms with E-state index in [0.717, 1.165) is 11.1 Å². The van der Waals surface area contributed by atoms with Crippen LogP contribution in [0.3, 0.4) is 0 Å². The average Bonchev–Trinajstić information content (AvgIpc) is 2.32. The van der Waals surface area contributed by atoms with Crippen LogP contribution in [0.15, 0.2) is 47.4 Å². The molecule has 0 aliphatic heterocycles. The number of nitrogens with two attached hydrogens (primary N) is 1. The maximum absolute atomic E-state index is 9.75. The Labute approximate surface area is 111 Å². The summed E-state index contributed by atoms with van der Waals surface area (Å²) in [6.07, 6.45) is 2.03. The molecule has 2 nitrogen and oxygen atoms in total. The summed E-state index contributed by atoms with van der Waals surface area (Å²) in [5.41, 5.74) is 8.11. The van der Waals surface area contributed by atoms with Crippen LogP contribution in [0.1, 0.15) is 0 Å². The van der Waals surface area contributed by atoms with Gasteiger partial charge in [-0.15, -0.1) is 24.2 Å². The lowest BCUT2D eigenvalue weighted by Crippen LogP contribution is -1.86. The summed E-state index contributed by atoms with van der Waals surface area (Å²) in [7, 11) is 0. The Morgan fingerprint density at radius 1 is 1.06 bits per heavy atom. The molecule has 0 fully saturated rings. The number of rotatable bonds is 2. The number of hydrogen-bond acceptors (Lipinski definition) is 3. The van der Waals surface area contributed by atoms with Crippen LogP contribution in [0.25, 0.3) is 11.1 Å². The van der Waals surface area contributed by atoms with Crippen molar-refractivity contribution in [2.45, 2.75) is 4.90 Å². The highest BCUT2D eigenvalue weighted by molar-refractivity contribution is 7.98. The predicted molar refractivity (Wildman–Crippen MR) is 77.0 cm³/mol. The number of nitrogen functional groups attached to an aromatic ring is 1. The van der Waals surface area contributed by atoms with E-state index in [1.54, 1.807) is 30.0 Å². The van der Waals surface area contributed by atoms with Gasteiger partial charge in [0.25, 0.3) is 0 Å². The Kier molecular flexibility index (Phi) is 4.73. The van der Waals surface area contributed by atoms with E-state index in [4.69, 9.17) is 5.73 Å². The second-order valence-electron chi connectivity index (χ2n) is 3.51. The first-order valence-corrected chi connectivity index (χ1v) is 6.16. The van der Waals surface area contributed by atoms with Crippen molar-refractivity contribution < 1.29 is 5.11 Å². The van der Waals surface area contributed by atoms with E-state index in [1.807, 2.05) is 30.5 Å². The normalized spacial score (nSPS) is 9.71. The molecule has 4 heteroatoms. The minimum absolute atomic E-state index is 0. The molecule has 0 atom stereocenters. The van der Waals surface area contributed by atoms with Crippen molar-refractivity contribution in [3.8, 4) is 16.9 Å². The van der Waals surface area contributed by atoms with Crippen LogP contribution in [0, 0.1) is 0 Å². The first-order valence-electron chi connectivity index (χ1n) is 4.93. The number of thioether (sulfide) groups is 1. The van der Waals surface area contributed by atoms with Crippen molar-refractivity contribution in [1.29, 1.82) is 0 Å². The third-order valence-electron chi connectivity index (χ3n) is 2.42. The number of halogens is 1. The van der Waals surface area contributed by atoms with Crippen LogP contribution in [0.4, 0.5) is 5.69 Å². The van der Waals surface area contributed by atoms with Crippen LogP contribution in [-0.2, 0) is 0 Å². The smallest absolute Gasteiger partial charge is 0.123 e. The van der Waals surface area contributed by atoms with Crippen molar-refractivity contribution in [3.63, 3.8) is 0 Å². The van der Waals surface area contributed by atoms with Crippen molar-refractivity contribution >= 4 is 29.9 Å². The van der Waals surface area contributed by atoms with Gasteiger partial charge in [-0.3, -0.25) is 0 Å². The fourth-order valence-corrected chi connectivity index (χ4v) is 1.96. The summed E-state index contributed by atoms with van der Waals surface area (Å²) < 4.78 is 0. The van der Waals surface area contributed by atoms with Gasteiger partial charge in [0, 0.05) is 16.1 Å². The number of phenols is 1. The first-order chi connectivity index (χ1) is 7.70. The van der Waals surface area contributed by atoms with E-state index < -0.39 is 0 Å². The molecular weight excluding hydrogens is 254 g/mol. The highest BCUT2D eigenvalue weighted by Crippen LogP contribution is 2.31. The number of phenolic OH excluding ortho intramolecular Hbond substituents is 1. The first kappa shape index (κ1) is 13.7. The Morgan fingerprint density at radius 2 is 1.71 bits per heavy atom. The summed E-state index contributed by atoms with van der Waals surface area (Å²) in [6.45, 7) is 0. The maximum atomic E-state index is 9.75. The standard InChI is InChI=1S/C13H13NOS.ClH/c1-16-11-5-2-9(3-6-11)12-8-10(14)4-7-13(12)15;/h2-8,15H,14H2,1H3;1H. The van der Waals surface area contributed by atoms with Gasteiger partial charge in [-0.05, 0) is 42.2 Å². The third kappa shape index (κ3) is 3.08. The molecule has 90 valence electrons. The lowest BCUT2D eigenvalue weighted by atomic mass is 10.0. The largest absolute Gasteiger partial charge is 0.507 e. The fraction of sp³-hybridized carbons (Fsp3) is 0.0769. The summed E-state index contributed by atoms with van der Waals surface area (Å²) >= 11 is 1.69. The molecule has 0 amide bonds. The lowest BCUT2D eigenvalue weighted by molar-refractivity contribution is 0.477. The van der Waals surface area contributed by atoms with Crippen LogP contribution in [0.5, 0.6) is 5.75 Å². The number of hydrogen-bond donors (Lipinski definition) is 2. The third-order valence-corrected chi connectivity index (χ3v) is 3.17. The fourth-order valence-electron chi connectivity index (χ4n) is 1.56. The van der Waals surface area contributed by atoms with Gasteiger partial charge < -0.3 is 10.8 Å². The van der Waals surface area contributed by atoms with Gasteiger partial charge in [-0.25, -0.2) is 0 Å². The van der Waals surface area contributed by atoms with Crippen LogP contribution >= 0.6 is 24.2 Å². The molecule has 3 N–H and O–H groups in total. The maximum Gasteiger partial charge on any atom is 0.123 e. The number of benzene rings is 2. The highest BCUT2D eigenvalue weighted by Gasteiger charge is 2.04. The Balaban J connectivity index is 0.00000144. The molecule has 0 unspecified atom stereocenters. The van der Waals surface area contributed by atoms with E-state index in [0.29, 0.717) is 5.69 Å². The zero-order valence-corrected chi connectivity index (χ0v) is 11.0. The van der Waals surface area contributed by atoms with Crippen molar-refractivity contribution in [1.82, 2.24) is 0 Å². The van der Waals surface area contributed by atoms with Crippen LogP contribution in [0.2, 0.25) is 0 Å². The van der Waals surface area contributed by atoms with Crippen molar-refractivity contribution in [3.05, 3.63) is 42.5 Å². The van der Waals surface area contributed by atoms with Gasteiger partial charge in [0.05, 0.1) is 0 Å². The Bertz CT molecular complexity index is 499. The highest BCUT2D eigenvalue weighted by atomic mass is 35.5. The molecule has 0 saturated carbocycles. The summed E-state index contributed by atoms with van der Waals surface area (Å²) in [6, 6.07) is 13.1. The van der Waals surface area contributed by atoms with Gasteiger partial charge in [0.15, 0.2) is 0 Å². The van der Waals surface area contributed by atoms with E-state index >= 15 is 0 Å². The van der Waals surface area contributed by atoms with Crippen LogP contribution in [-0.4, -0.2) is 11.4 Å². The Hall–Kier alpha value is -1.32. The van der Waals surface area contributed by atoms with Gasteiger partial charge >= 0.3 is 0 Å². The molecule has 2 aromatic carbocycles. The molecule has 0 saturated heterocycles. The molecular formula is C13H14ClNOS. The SMILES string of the molecule is CSc1ccc(-c2cc(N)ccc2O)cc1.Cl. The molecule has 0 bridgehead atoms. The van der Waals surface area contributed by atoms with Crippen molar-refractivity contribution in [2.24, 2.45) is 0 Å². The minimum Gasteiger partial charge on any atom is -0.507 e. The summed E-state index contributed by atoms with van der Waals surface area (Å²) in [4.78, 5) is 1.20. The lowest BCUT2D eigenvalue weighted by Gasteiger charge is -2.06. The van der Waals surface area contributed by atoms with E-state index in [-0.39, 0.29) is 18.2 Å². The number of aromatic hydroxyl groups is 1. The topological polar surface area (TPSA) is 46.2 Å². The van der Waals surface area contributed by atoms with Gasteiger partial charge in [-0.2, -0.15) is 0 Å². The van der Waals surface area contributed by atoms with E-state index in [1.165, 1.54) is 4.90 Å². The minimum atomic E-state index is 0. The Morgan fingerprint density at radius 3 is 2.29 bits per heavy atom. The molecule has 0 radical (unpaired) electrons. The van der Waals surface area contributed by atoms with Gasteiger partial charge in [0.2, 0.25) is 0 Å². The summed E-state index contributed by atoms with van der Waals surface area (Å²) in [5, 5.41) is 9.75. The summed E-state index contributed by atoms with van der Waals surface area (Å²) in [5.74, 6) is 0.256. The molecule has 0 aliphatic carbocycles. The predicted octanol–water partition coefficient (Wildman–Crippen LogP) is 3.79. The zero-order chi connectivity index (χ0) is 11.5. The zero-order valence-electron chi connectivity index (χ0n) is 9.38. The van der Waals surface area contributed by atoms with E-state index in [2.05, 4.69) is 0 Å². The molecule has 0 aliphatic rings. The monoisotopic (exact) mass is 267 g/mol. The molecule has 0 aromatic heterocycles. The molecule has 0 spiro atoms. The average molecular weight is 268 g/mol. The molecule has 0 heterocycles. The molecule has 2 rings (SSSR count). The molecule has 17 heavy (non-hydrogen) atoms. The van der Waals surface area contributed by atoms with E-state index in [9.17, 15) is 5.11 Å². The van der Waals surface area contributed by atoms with Gasteiger partial charge in [-0.1, -0.05) is 12.1 Å². The van der Waals surface area contributed by atoms with Crippen molar-refractivity contribution in [2.75, 3.05) is 12.0 Å².